The van der Waals surface area contributed by atoms with Gasteiger partial charge >= 0.3 is 0 Å². The maximum atomic E-state index is 5.50. The molecule has 0 atom stereocenters. The van der Waals surface area contributed by atoms with Crippen LogP contribution in [0.4, 0.5) is 0 Å². The molecule has 3 aromatic heterocycles. The van der Waals surface area contributed by atoms with Crippen LogP contribution in [0.1, 0.15) is 0 Å². The molecule has 5 heteroatoms. The summed E-state index contributed by atoms with van der Waals surface area (Å²) in [6.45, 7) is 0. The smallest absolute Gasteiger partial charge is 0.166 e. The van der Waals surface area contributed by atoms with E-state index in [-0.39, 0.29) is 0 Å². The van der Waals surface area contributed by atoms with E-state index in [9.17, 15) is 0 Å². The van der Waals surface area contributed by atoms with E-state index >= 15 is 0 Å². The fraction of sp³-hybridized carbons (Fsp3) is 0. The number of nitrogens with zero attached hydrogens (tertiary/aromatic N) is 4. The summed E-state index contributed by atoms with van der Waals surface area (Å²) >= 11 is 1.85. The van der Waals surface area contributed by atoms with Crippen molar-refractivity contribution in [3.8, 4) is 51.0 Å². The molecule has 0 amide bonds. The molecule has 3 heterocycles. The Morgan fingerprint density at radius 1 is 0.362 bits per heavy atom. The van der Waals surface area contributed by atoms with Crippen LogP contribution in [0.25, 0.3) is 115 Å². The van der Waals surface area contributed by atoms with Crippen LogP contribution in [-0.4, -0.2) is 19.5 Å². The van der Waals surface area contributed by atoms with E-state index in [1.165, 1.54) is 47.1 Å². The highest BCUT2D eigenvalue weighted by molar-refractivity contribution is 7.26. The van der Waals surface area contributed by atoms with Gasteiger partial charge in [0, 0.05) is 47.5 Å². The summed E-state index contributed by atoms with van der Waals surface area (Å²) in [4.78, 5) is 16.2. The number of hydrogen-bond acceptors (Lipinski definition) is 4. The van der Waals surface area contributed by atoms with Crippen molar-refractivity contribution in [1.29, 1.82) is 0 Å². The summed E-state index contributed by atoms with van der Waals surface area (Å²) in [6.07, 6.45) is 0. The van der Waals surface area contributed by atoms with Crippen LogP contribution in [0.15, 0.2) is 194 Å². The molecule has 0 bridgehead atoms. The summed E-state index contributed by atoms with van der Waals surface area (Å²) in [6, 6.07) is 69.0. The summed E-state index contributed by atoms with van der Waals surface area (Å²) in [7, 11) is 0. The number of thiophene rings is 1. The predicted molar refractivity (Wildman–Crippen MR) is 244 cm³/mol. The van der Waals surface area contributed by atoms with Gasteiger partial charge < -0.3 is 4.57 Å². The quantitative estimate of drug-likeness (QED) is 0.176. The minimum absolute atomic E-state index is 0.625. The molecule has 12 rings (SSSR count). The van der Waals surface area contributed by atoms with E-state index in [1.54, 1.807) is 0 Å². The lowest BCUT2D eigenvalue weighted by molar-refractivity contribution is 1.07. The van der Waals surface area contributed by atoms with Crippen molar-refractivity contribution in [2.75, 3.05) is 0 Å². The minimum Gasteiger partial charge on any atom is -0.308 e. The van der Waals surface area contributed by atoms with Crippen molar-refractivity contribution in [2.24, 2.45) is 0 Å². The largest absolute Gasteiger partial charge is 0.308 e. The van der Waals surface area contributed by atoms with E-state index in [4.69, 9.17) is 15.0 Å². The van der Waals surface area contributed by atoms with Gasteiger partial charge in [-0.25, -0.2) is 15.0 Å². The second-order valence-electron chi connectivity index (χ2n) is 14.8. The molecule has 270 valence electrons. The lowest BCUT2D eigenvalue weighted by Crippen LogP contribution is -2.05. The maximum absolute atomic E-state index is 5.50. The van der Waals surface area contributed by atoms with Gasteiger partial charge in [-0.3, -0.25) is 0 Å². The highest BCUT2D eigenvalue weighted by Crippen LogP contribution is 2.49. The normalized spacial score (nSPS) is 11.8. The van der Waals surface area contributed by atoms with Crippen LogP contribution in [0.3, 0.4) is 0 Å². The molecule has 0 aliphatic heterocycles. The van der Waals surface area contributed by atoms with Crippen LogP contribution in [-0.2, 0) is 0 Å². The third-order valence-corrected chi connectivity index (χ3v) is 12.6. The number of benzene rings is 9. The monoisotopic (exact) mass is 756 g/mol. The summed E-state index contributed by atoms with van der Waals surface area (Å²) in [5.41, 5.74) is 8.43. The first-order valence-corrected chi connectivity index (χ1v) is 20.3. The lowest BCUT2D eigenvalue weighted by Gasteiger charge is -2.19. The molecule has 0 spiro atoms. The molecule has 0 saturated heterocycles. The second-order valence-corrected chi connectivity index (χ2v) is 15.8. The van der Waals surface area contributed by atoms with Crippen molar-refractivity contribution >= 4 is 74.9 Å². The number of rotatable bonds is 5. The fourth-order valence-corrected chi connectivity index (χ4v) is 10.0. The van der Waals surface area contributed by atoms with Gasteiger partial charge in [-0.05, 0) is 57.6 Å². The number of fused-ring (bicyclic) bond motifs is 9. The number of hydrogen-bond donors (Lipinski definition) is 0. The first kappa shape index (κ1) is 32.7. The number of para-hydroxylation sites is 1. The first-order valence-electron chi connectivity index (χ1n) is 19.5. The average molecular weight is 757 g/mol. The zero-order valence-corrected chi connectivity index (χ0v) is 32.0. The third-order valence-electron chi connectivity index (χ3n) is 11.4. The van der Waals surface area contributed by atoms with Gasteiger partial charge in [-0.15, -0.1) is 11.3 Å². The van der Waals surface area contributed by atoms with Gasteiger partial charge in [-0.1, -0.05) is 164 Å². The van der Waals surface area contributed by atoms with Crippen LogP contribution in [0.2, 0.25) is 0 Å². The predicted octanol–water partition coefficient (Wildman–Crippen LogP) is 14.3. The molecule has 0 aliphatic carbocycles. The van der Waals surface area contributed by atoms with E-state index in [2.05, 4.69) is 174 Å². The molecule has 0 unspecified atom stereocenters. The van der Waals surface area contributed by atoms with E-state index in [0.717, 1.165) is 49.9 Å². The Morgan fingerprint density at radius 2 is 0.931 bits per heavy atom. The van der Waals surface area contributed by atoms with E-state index < -0.39 is 0 Å². The zero-order chi connectivity index (χ0) is 38.2. The maximum Gasteiger partial charge on any atom is 0.166 e. The highest BCUT2D eigenvalue weighted by atomic mass is 32.1. The van der Waals surface area contributed by atoms with E-state index in [0.29, 0.717) is 17.5 Å². The minimum atomic E-state index is 0.625. The van der Waals surface area contributed by atoms with Crippen LogP contribution in [0, 0.1) is 0 Å². The molecule has 4 nitrogen and oxygen atoms in total. The van der Waals surface area contributed by atoms with Crippen molar-refractivity contribution in [2.45, 2.75) is 0 Å². The molecular formula is C53H32N4S. The van der Waals surface area contributed by atoms with Crippen molar-refractivity contribution in [3.63, 3.8) is 0 Å². The van der Waals surface area contributed by atoms with E-state index in [1.807, 2.05) is 35.6 Å². The fourth-order valence-electron chi connectivity index (χ4n) is 8.77. The van der Waals surface area contributed by atoms with Gasteiger partial charge in [-0.2, -0.15) is 0 Å². The summed E-state index contributed by atoms with van der Waals surface area (Å²) < 4.78 is 4.98. The first-order chi connectivity index (χ1) is 28.8. The van der Waals surface area contributed by atoms with Crippen LogP contribution < -0.4 is 0 Å². The lowest BCUT2D eigenvalue weighted by atomic mass is 9.96. The zero-order valence-electron chi connectivity index (χ0n) is 31.2. The molecule has 12 aromatic rings. The summed E-state index contributed by atoms with van der Waals surface area (Å²) in [5, 5.41) is 9.50. The standard InChI is InChI=1S/C53H32N4S/c1-3-16-33(17-4-1)35-22-15-23-38(30-35)52-54-51(34-18-5-2-6-19-34)55-53(56-52)48-40-25-9-10-26-41(40)50-47(42-27-12-14-29-46(42)58-50)49(48)57-44-28-13-11-24-39(44)43-31-36-20-7-8-21-37(36)32-45(43)57/h1-32H. The highest BCUT2D eigenvalue weighted by Gasteiger charge is 2.27. The van der Waals surface area contributed by atoms with Crippen LogP contribution in [0.5, 0.6) is 0 Å². The molecule has 0 aliphatic rings. The molecule has 0 saturated carbocycles. The van der Waals surface area contributed by atoms with Crippen molar-refractivity contribution in [3.05, 3.63) is 194 Å². The molecule has 0 fully saturated rings. The topological polar surface area (TPSA) is 43.6 Å². The third kappa shape index (κ3) is 5.11. The molecule has 9 aromatic carbocycles. The van der Waals surface area contributed by atoms with Gasteiger partial charge in [0.05, 0.1) is 22.3 Å². The Bertz CT molecular complexity index is 3570. The molecule has 0 radical (unpaired) electrons. The molecule has 58 heavy (non-hydrogen) atoms. The summed E-state index contributed by atoms with van der Waals surface area (Å²) in [5.74, 6) is 1.88. The van der Waals surface area contributed by atoms with Crippen LogP contribution >= 0.6 is 11.3 Å². The molecule has 0 N–H and O–H groups in total. The molecular weight excluding hydrogens is 725 g/mol. The Labute approximate surface area is 338 Å². The SMILES string of the molecule is c1ccc(-c2cccc(-c3nc(-c4ccccc4)nc(-c4c(-n5c6ccccc6c6cc7ccccc7cc65)c5c6ccccc6sc5c5ccccc45)n3)c2)cc1. The number of aromatic nitrogens is 4. The van der Waals surface area contributed by atoms with Crippen molar-refractivity contribution in [1.82, 2.24) is 19.5 Å². The van der Waals surface area contributed by atoms with Gasteiger partial charge in [0.1, 0.15) is 0 Å². The second kappa shape index (κ2) is 13.1. The van der Waals surface area contributed by atoms with Crippen molar-refractivity contribution < 1.29 is 0 Å². The van der Waals surface area contributed by atoms with Gasteiger partial charge in [0.25, 0.3) is 0 Å². The Balaban J connectivity index is 1.27. The Morgan fingerprint density at radius 3 is 1.72 bits per heavy atom. The Hall–Kier alpha value is -7.47. The van der Waals surface area contributed by atoms with Gasteiger partial charge in [0.15, 0.2) is 17.5 Å². The van der Waals surface area contributed by atoms with Gasteiger partial charge in [0.2, 0.25) is 0 Å². The average Bonchev–Trinajstić information content (AvgIpc) is 3.84. The Kier molecular flexibility index (Phi) is 7.37.